The van der Waals surface area contributed by atoms with E-state index in [-0.39, 0.29) is 12.5 Å². The van der Waals surface area contributed by atoms with Crippen molar-refractivity contribution in [2.24, 2.45) is 0 Å². The molecule has 0 unspecified atom stereocenters. The molecule has 0 N–H and O–H groups in total. The van der Waals surface area contributed by atoms with Gasteiger partial charge in [-0.2, -0.15) is 0 Å². The van der Waals surface area contributed by atoms with Gasteiger partial charge in [0.15, 0.2) is 6.61 Å². The van der Waals surface area contributed by atoms with Gasteiger partial charge in [-0.3, -0.25) is 4.79 Å². The molecule has 1 amide bonds. The number of rotatable bonds is 10. The summed E-state index contributed by atoms with van der Waals surface area (Å²) in [5, 5.41) is 0. The normalized spacial score (nSPS) is 10.3. The molecule has 0 saturated carbocycles. The van der Waals surface area contributed by atoms with Crippen LogP contribution in [0.2, 0.25) is 0 Å². The van der Waals surface area contributed by atoms with Crippen molar-refractivity contribution in [2.45, 2.75) is 0 Å². The third-order valence-electron chi connectivity index (χ3n) is 3.41. The fraction of sp³-hybridized carbons (Fsp3) is 0.529. The average Bonchev–Trinajstić information content (AvgIpc) is 2.59. The summed E-state index contributed by atoms with van der Waals surface area (Å²) in [6.07, 6.45) is 0. The molecule has 1 aromatic rings. The van der Waals surface area contributed by atoms with Crippen molar-refractivity contribution in [3.8, 4) is 0 Å². The molecule has 1 rings (SSSR count). The van der Waals surface area contributed by atoms with Gasteiger partial charge in [-0.1, -0.05) is 6.07 Å². The number of carbonyl (C=O) groups is 2. The Hall–Kier alpha value is -2.12. The summed E-state index contributed by atoms with van der Waals surface area (Å²) in [6, 6.07) is 7.05. The van der Waals surface area contributed by atoms with Crippen LogP contribution in [-0.2, 0) is 19.0 Å². The SMILES string of the molecule is COCCN(CCOC)C(=O)COC(=O)c1cccc(N(C)C)c1. The standard InChI is InChI=1S/C17H26N2O5/c1-18(2)15-7-5-6-14(12-15)17(21)24-13-16(20)19(8-10-22-3)9-11-23-4/h5-7,12H,8-11,13H2,1-4H3. The number of carbonyl (C=O) groups excluding carboxylic acids is 2. The highest BCUT2D eigenvalue weighted by molar-refractivity contribution is 5.92. The van der Waals surface area contributed by atoms with Crippen LogP contribution in [0.25, 0.3) is 0 Å². The van der Waals surface area contributed by atoms with Crippen molar-refractivity contribution in [1.29, 1.82) is 0 Å². The Morgan fingerprint density at radius 3 is 2.21 bits per heavy atom. The van der Waals surface area contributed by atoms with Crippen LogP contribution in [0.4, 0.5) is 5.69 Å². The summed E-state index contributed by atoms with van der Waals surface area (Å²) in [6.45, 7) is 1.36. The van der Waals surface area contributed by atoms with E-state index in [1.54, 1.807) is 37.3 Å². The van der Waals surface area contributed by atoms with Crippen LogP contribution in [0.15, 0.2) is 24.3 Å². The molecule has 0 aliphatic carbocycles. The second kappa shape index (κ2) is 10.6. The summed E-state index contributed by atoms with van der Waals surface area (Å²) >= 11 is 0. The van der Waals surface area contributed by atoms with Gasteiger partial charge in [-0.15, -0.1) is 0 Å². The maximum Gasteiger partial charge on any atom is 0.338 e. The molecule has 0 aliphatic heterocycles. The number of amides is 1. The molecule has 134 valence electrons. The molecule has 0 fully saturated rings. The summed E-state index contributed by atoms with van der Waals surface area (Å²) in [4.78, 5) is 27.7. The van der Waals surface area contributed by atoms with Gasteiger partial charge in [0.2, 0.25) is 0 Å². The number of methoxy groups -OCH3 is 2. The van der Waals surface area contributed by atoms with Crippen LogP contribution in [0, 0.1) is 0 Å². The van der Waals surface area contributed by atoms with Crippen molar-refractivity contribution in [1.82, 2.24) is 4.90 Å². The predicted octanol–water partition coefficient (Wildman–Crippen LogP) is 1.03. The highest BCUT2D eigenvalue weighted by Gasteiger charge is 2.16. The minimum Gasteiger partial charge on any atom is -0.452 e. The molecule has 0 aliphatic rings. The molecule has 0 spiro atoms. The summed E-state index contributed by atoms with van der Waals surface area (Å²) < 4.78 is 15.1. The Balaban J connectivity index is 2.60. The van der Waals surface area contributed by atoms with E-state index in [9.17, 15) is 9.59 Å². The number of anilines is 1. The largest absolute Gasteiger partial charge is 0.452 e. The van der Waals surface area contributed by atoms with Crippen LogP contribution < -0.4 is 4.90 Å². The van der Waals surface area contributed by atoms with Crippen LogP contribution >= 0.6 is 0 Å². The van der Waals surface area contributed by atoms with E-state index in [1.165, 1.54) is 0 Å². The summed E-state index contributed by atoms with van der Waals surface area (Å²) in [7, 11) is 6.91. The smallest absolute Gasteiger partial charge is 0.338 e. The van der Waals surface area contributed by atoms with Gasteiger partial charge in [-0.05, 0) is 18.2 Å². The third kappa shape index (κ3) is 6.55. The van der Waals surface area contributed by atoms with E-state index in [4.69, 9.17) is 14.2 Å². The Kier molecular flexibility index (Phi) is 8.81. The van der Waals surface area contributed by atoms with Crippen molar-refractivity contribution in [3.05, 3.63) is 29.8 Å². The second-order valence-corrected chi connectivity index (χ2v) is 5.39. The van der Waals surface area contributed by atoms with Gasteiger partial charge in [0, 0.05) is 47.1 Å². The first-order valence-electron chi connectivity index (χ1n) is 7.69. The van der Waals surface area contributed by atoms with Gasteiger partial charge in [-0.25, -0.2) is 4.79 Å². The third-order valence-corrected chi connectivity index (χ3v) is 3.41. The number of nitrogens with zero attached hydrogens (tertiary/aromatic N) is 2. The zero-order valence-corrected chi connectivity index (χ0v) is 14.8. The Morgan fingerprint density at radius 1 is 1.04 bits per heavy atom. The van der Waals surface area contributed by atoms with Crippen molar-refractivity contribution < 1.29 is 23.8 Å². The van der Waals surface area contributed by atoms with Gasteiger partial charge in [0.05, 0.1) is 18.8 Å². The van der Waals surface area contributed by atoms with Crippen LogP contribution in [-0.4, -0.2) is 78.0 Å². The maximum absolute atomic E-state index is 12.2. The first-order valence-corrected chi connectivity index (χ1v) is 7.69. The van der Waals surface area contributed by atoms with Gasteiger partial charge >= 0.3 is 5.97 Å². The van der Waals surface area contributed by atoms with Gasteiger partial charge in [0.1, 0.15) is 0 Å². The molecule has 0 saturated heterocycles. The van der Waals surface area contributed by atoms with Crippen LogP contribution in [0.1, 0.15) is 10.4 Å². The molecule has 0 atom stereocenters. The highest BCUT2D eigenvalue weighted by atomic mass is 16.5. The number of ether oxygens (including phenoxy) is 3. The molecule has 7 heteroatoms. The lowest BCUT2D eigenvalue weighted by Crippen LogP contribution is -2.39. The topological polar surface area (TPSA) is 68.3 Å². The molecule has 24 heavy (non-hydrogen) atoms. The van der Waals surface area contributed by atoms with Crippen LogP contribution in [0.5, 0.6) is 0 Å². The van der Waals surface area contributed by atoms with Gasteiger partial charge in [0.25, 0.3) is 5.91 Å². The molecule has 0 bridgehead atoms. The zero-order chi connectivity index (χ0) is 17.9. The lowest BCUT2D eigenvalue weighted by molar-refractivity contribution is -0.135. The number of hydrogen-bond acceptors (Lipinski definition) is 6. The minimum atomic E-state index is -0.523. The molecule has 7 nitrogen and oxygen atoms in total. The van der Waals surface area contributed by atoms with Crippen molar-refractivity contribution in [2.75, 3.05) is 66.1 Å². The molecular formula is C17H26N2O5. The Morgan fingerprint density at radius 2 is 1.67 bits per heavy atom. The highest BCUT2D eigenvalue weighted by Crippen LogP contribution is 2.14. The fourth-order valence-corrected chi connectivity index (χ4v) is 1.98. The summed E-state index contributed by atoms with van der Waals surface area (Å²) in [5.41, 5.74) is 1.30. The quantitative estimate of drug-likeness (QED) is 0.594. The van der Waals surface area contributed by atoms with Gasteiger partial charge < -0.3 is 24.0 Å². The Labute approximate surface area is 143 Å². The molecule has 0 aromatic heterocycles. The number of esters is 1. The molecule has 0 heterocycles. The van der Waals surface area contributed by atoms with E-state index in [0.29, 0.717) is 31.9 Å². The number of benzene rings is 1. The van der Waals surface area contributed by atoms with E-state index >= 15 is 0 Å². The van der Waals surface area contributed by atoms with E-state index in [0.717, 1.165) is 5.69 Å². The van der Waals surface area contributed by atoms with E-state index in [2.05, 4.69) is 0 Å². The first kappa shape index (κ1) is 19.9. The monoisotopic (exact) mass is 338 g/mol. The maximum atomic E-state index is 12.2. The lowest BCUT2D eigenvalue weighted by Gasteiger charge is -2.21. The first-order chi connectivity index (χ1) is 11.5. The fourth-order valence-electron chi connectivity index (χ4n) is 1.98. The van der Waals surface area contributed by atoms with Crippen molar-refractivity contribution in [3.63, 3.8) is 0 Å². The predicted molar refractivity (Wildman–Crippen MR) is 91.4 cm³/mol. The molecule has 1 aromatic carbocycles. The second-order valence-electron chi connectivity index (χ2n) is 5.39. The Bertz CT molecular complexity index is 525. The van der Waals surface area contributed by atoms with E-state index < -0.39 is 5.97 Å². The average molecular weight is 338 g/mol. The van der Waals surface area contributed by atoms with Crippen molar-refractivity contribution >= 4 is 17.6 Å². The number of hydrogen-bond donors (Lipinski definition) is 0. The van der Waals surface area contributed by atoms with E-state index in [1.807, 2.05) is 25.1 Å². The minimum absolute atomic E-state index is 0.277. The molecular weight excluding hydrogens is 312 g/mol. The summed E-state index contributed by atoms with van der Waals surface area (Å²) in [5.74, 6) is -0.799. The zero-order valence-electron chi connectivity index (χ0n) is 14.8. The molecule has 0 radical (unpaired) electrons. The lowest BCUT2D eigenvalue weighted by atomic mass is 10.2. The van der Waals surface area contributed by atoms with Crippen LogP contribution in [0.3, 0.4) is 0 Å².